The predicted molar refractivity (Wildman–Crippen MR) is 98.6 cm³/mol. The maximum atomic E-state index is 13.5. The fourth-order valence-corrected chi connectivity index (χ4v) is 2.28. The number of nitrogens with zero attached hydrogens (tertiary/aromatic N) is 2. The van der Waals surface area contributed by atoms with Crippen molar-refractivity contribution >= 4 is 12.0 Å². The van der Waals surface area contributed by atoms with Gasteiger partial charge in [0, 0.05) is 13.6 Å². The van der Waals surface area contributed by atoms with Crippen LogP contribution in [0.2, 0.25) is 0 Å². The second kappa shape index (κ2) is 8.74. The Labute approximate surface area is 152 Å². The first kappa shape index (κ1) is 19.8. The van der Waals surface area contributed by atoms with Crippen molar-refractivity contribution < 1.29 is 17.9 Å². The normalized spacial score (nSPS) is 12.6. The Morgan fingerprint density at radius 3 is 2.54 bits per heavy atom. The Balaban J connectivity index is 2.38. The number of hydrogen-bond acceptors (Lipinski definition) is 2. The average Bonchev–Trinajstić information content (AvgIpc) is 2.60. The summed E-state index contributed by atoms with van der Waals surface area (Å²) in [6.45, 7) is 5.91. The fourth-order valence-electron chi connectivity index (χ4n) is 2.28. The lowest BCUT2D eigenvalue weighted by Gasteiger charge is -2.15. The minimum atomic E-state index is -2.72. The number of hydrogen-bond donors (Lipinski definition) is 0. The summed E-state index contributed by atoms with van der Waals surface area (Å²) in [5.74, 6) is 0.360. The predicted octanol–water partition coefficient (Wildman–Crippen LogP) is 6.37. The summed E-state index contributed by atoms with van der Waals surface area (Å²) in [7, 11) is 1.85. The van der Waals surface area contributed by atoms with Gasteiger partial charge in [-0.05, 0) is 56.2 Å². The zero-order valence-corrected chi connectivity index (χ0v) is 15.3. The Morgan fingerprint density at radius 2 is 1.92 bits per heavy atom. The molecule has 0 heterocycles. The van der Waals surface area contributed by atoms with Crippen LogP contribution in [0.15, 0.2) is 41.4 Å². The second-order valence-corrected chi connectivity index (χ2v) is 6.09. The monoisotopic (exact) mass is 364 g/mol. The average molecular weight is 364 g/mol. The molecule has 0 radical (unpaired) electrons. The molecule has 0 aliphatic carbocycles. The minimum Gasteiger partial charge on any atom is -0.457 e. The van der Waals surface area contributed by atoms with Gasteiger partial charge in [-0.25, -0.2) is 18.2 Å². The first-order valence-electron chi connectivity index (χ1n) is 8.40. The highest BCUT2D eigenvalue weighted by Gasteiger charge is 2.18. The molecule has 1 atom stereocenters. The van der Waals surface area contributed by atoms with E-state index in [0.717, 1.165) is 6.54 Å². The van der Waals surface area contributed by atoms with Gasteiger partial charge in [-0.3, -0.25) is 0 Å². The molecule has 0 saturated heterocycles. The quantitative estimate of drug-likeness (QED) is 0.421. The summed E-state index contributed by atoms with van der Waals surface area (Å²) < 4.78 is 46.1. The van der Waals surface area contributed by atoms with Crippen LogP contribution in [0.1, 0.15) is 43.1 Å². The number of rotatable bonds is 7. The molecule has 0 bridgehead atoms. The highest BCUT2D eigenvalue weighted by molar-refractivity contribution is 5.65. The maximum absolute atomic E-state index is 13.5. The van der Waals surface area contributed by atoms with Gasteiger partial charge in [0.25, 0.3) is 6.43 Å². The minimum absolute atomic E-state index is 0.0453. The molecule has 140 valence electrons. The van der Waals surface area contributed by atoms with E-state index in [9.17, 15) is 13.2 Å². The van der Waals surface area contributed by atoms with E-state index in [0.29, 0.717) is 22.6 Å². The molecular weight excluding hydrogens is 341 g/mol. The van der Waals surface area contributed by atoms with Gasteiger partial charge in [-0.15, -0.1) is 0 Å². The molecule has 0 aliphatic rings. The lowest BCUT2D eigenvalue weighted by molar-refractivity contribution is 0.148. The summed E-state index contributed by atoms with van der Waals surface area (Å²) in [5, 5.41) is 0. The van der Waals surface area contributed by atoms with E-state index in [1.807, 2.05) is 18.9 Å². The van der Waals surface area contributed by atoms with E-state index in [1.54, 1.807) is 31.5 Å². The van der Waals surface area contributed by atoms with Crippen LogP contribution in [0, 0.1) is 6.92 Å². The molecule has 26 heavy (non-hydrogen) atoms. The van der Waals surface area contributed by atoms with Crippen LogP contribution >= 0.6 is 0 Å². The van der Waals surface area contributed by atoms with Crippen LogP contribution in [0.25, 0.3) is 0 Å². The number of benzene rings is 2. The molecule has 2 aromatic rings. The number of aryl methyl sites for hydroxylation is 1. The van der Waals surface area contributed by atoms with Gasteiger partial charge in [0.15, 0.2) is 0 Å². The van der Waals surface area contributed by atoms with Crippen LogP contribution < -0.4 is 4.74 Å². The Hall–Kier alpha value is -2.50. The number of halogens is 3. The molecule has 0 spiro atoms. The second-order valence-electron chi connectivity index (χ2n) is 6.09. The van der Waals surface area contributed by atoms with Crippen LogP contribution in [0.4, 0.5) is 18.9 Å². The molecule has 3 nitrogen and oxygen atoms in total. The molecular formula is C20H23F3N2O. The van der Waals surface area contributed by atoms with E-state index in [1.165, 1.54) is 25.1 Å². The number of alkyl halides is 3. The van der Waals surface area contributed by atoms with Crippen molar-refractivity contribution in [2.24, 2.45) is 4.99 Å². The Morgan fingerprint density at radius 1 is 1.19 bits per heavy atom. The summed E-state index contributed by atoms with van der Waals surface area (Å²) in [4.78, 5) is 6.11. The van der Waals surface area contributed by atoms with Gasteiger partial charge >= 0.3 is 0 Å². The third kappa shape index (κ3) is 5.00. The van der Waals surface area contributed by atoms with Crippen LogP contribution in [0.5, 0.6) is 11.5 Å². The van der Waals surface area contributed by atoms with Gasteiger partial charge in [0.05, 0.1) is 17.6 Å². The third-order valence-electron chi connectivity index (χ3n) is 4.00. The molecule has 0 saturated carbocycles. The Kier molecular flexibility index (Phi) is 6.66. The van der Waals surface area contributed by atoms with Crippen molar-refractivity contribution in [2.45, 2.75) is 33.4 Å². The highest BCUT2D eigenvalue weighted by atomic mass is 19.3. The van der Waals surface area contributed by atoms with Crippen LogP contribution in [-0.4, -0.2) is 24.8 Å². The zero-order valence-electron chi connectivity index (χ0n) is 15.3. The first-order chi connectivity index (χ1) is 12.3. The van der Waals surface area contributed by atoms with Crippen molar-refractivity contribution in [1.29, 1.82) is 0 Å². The number of aliphatic imine (C=N–C) groups is 1. The summed E-state index contributed by atoms with van der Waals surface area (Å²) in [6, 6.07) is 9.24. The molecule has 0 aliphatic heterocycles. The third-order valence-corrected chi connectivity index (χ3v) is 4.00. The number of ether oxygens (including phenoxy) is 1. The van der Waals surface area contributed by atoms with Gasteiger partial charge in [-0.2, -0.15) is 0 Å². The molecule has 0 aromatic heterocycles. The van der Waals surface area contributed by atoms with Gasteiger partial charge in [-0.1, -0.05) is 12.1 Å². The molecule has 6 heteroatoms. The zero-order chi connectivity index (χ0) is 19.3. The van der Waals surface area contributed by atoms with Crippen molar-refractivity contribution in [1.82, 2.24) is 4.90 Å². The van der Waals surface area contributed by atoms with Crippen molar-refractivity contribution in [2.75, 3.05) is 13.6 Å². The maximum Gasteiger partial charge on any atom is 0.267 e. The Bertz CT molecular complexity index is 776. The largest absolute Gasteiger partial charge is 0.457 e. The van der Waals surface area contributed by atoms with E-state index in [-0.39, 0.29) is 11.3 Å². The van der Waals surface area contributed by atoms with E-state index >= 15 is 0 Å². The van der Waals surface area contributed by atoms with Crippen molar-refractivity contribution in [3.63, 3.8) is 0 Å². The van der Waals surface area contributed by atoms with E-state index in [2.05, 4.69) is 4.99 Å². The molecule has 2 rings (SSSR count). The molecule has 2 aromatic carbocycles. The fraction of sp³-hybridized carbons (Fsp3) is 0.350. The highest BCUT2D eigenvalue weighted by Crippen LogP contribution is 2.37. The smallest absolute Gasteiger partial charge is 0.267 e. The summed E-state index contributed by atoms with van der Waals surface area (Å²) in [6.07, 6.45) is -2.28. The molecule has 0 fully saturated rings. The SMILES string of the molecule is CCN(C)/C=N/c1cc(C(F)F)c(Oc2cccc(C(C)F)c2)cc1C. The summed E-state index contributed by atoms with van der Waals surface area (Å²) >= 11 is 0. The standard InChI is InChI=1S/C20H23F3N2O/c1-5-25(4)12-24-18-11-17(20(22)23)19(9-13(18)2)26-16-8-6-7-15(10-16)14(3)21/h6-12,14,20H,5H2,1-4H3/b24-12+. The topological polar surface area (TPSA) is 24.8 Å². The van der Waals surface area contributed by atoms with Crippen molar-refractivity contribution in [3.05, 3.63) is 53.1 Å². The summed E-state index contributed by atoms with van der Waals surface area (Å²) in [5.41, 5.74) is 1.35. The van der Waals surface area contributed by atoms with Gasteiger partial charge in [0.1, 0.15) is 17.7 Å². The lowest BCUT2D eigenvalue weighted by atomic mass is 10.1. The van der Waals surface area contributed by atoms with Gasteiger partial charge < -0.3 is 9.64 Å². The van der Waals surface area contributed by atoms with E-state index < -0.39 is 12.6 Å². The lowest BCUT2D eigenvalue weighted by Crippen LogP contribution is -2.14. The van der Waals surface area contributed by atoms with Crippen LogP contribution in [-0.2, 0) is 0 Å². The van der Waals surface area contributed by atoms with Crippen molar-refractivity contribution in [3.8, 4) is 11.5 Å². The first-order valence-corrected chi connectivity index (χ1v) is 8.40. The molecule has 0 amide bonds. The van der Waals surface area contributed by atoms with E-state index in [4.69, 9.17) is 4.74 Å². The molecule has 0 N–H and O–H groups in total. The molecule has 1 unspecified atom stereocenters. The van der Waals surface area contributed by atoms with Gasteiger partial charge in [0.2, 0.25) is 0 Å². The van der Waals surface area contributed by atoms with Crippen LogP contribution in [0.3, 0.4) is 0 Å².